The van der Waals surface area contributed by atoms with Gasteiger partial charge >= 0.3 is 5.97 Å². The lowest BCUT2D eigenvalue weighted by Gasteiger charge is -2.25. The molecule has 1 heterocycles. The third kappa shape index (κ3) is 3.37. The Morgan fingerprint density at radius 2 is 1.68 bits per heavy atom. The van der Waals surface area contributed by atoms with Gasteiger partial charge in [0.05, 0.1) is 23.1 Å². The maximum absolute atomic E-state index is 12.8. The van der Waals surface area contributed by atoms with Crippen LogP contribution in [0.15, 0.2) is 53.0 Å². The van der Waals surface area contributed by atoms with E-state index in [1.54, 1.807) is 42.5 Å². The smallest absolute Gasteiger partial charge is 0.344 e. The van der Waals surface area contributed by atoms with Crippen LogP contribution in [-0.2, 0) is 9.59 Å². The van der Waals surface area contributed by atoms with Crippen LogP contribution in [0.1, 0.15) is 36.5 Å². The highest BCUT2D eigenvalue weighted by atomic mass is 79.9. The molecule has 3 atom stereocenters. The van der Waals surface area contributed by atoms with Crippen molar-refractivity contribution in [3.05, 3.63) is 58.6 Å². The molecule has 1 aliphatic carbocycles. The van der Waals surface area contributed by atoms with Crippen molar-refractivity contribution in [1.29, 1.82) is 0 Å². The summed E-state index contributed by atoms with van der Waals surface area (Å²) in [6, 6.07) is 13.5. The average Bonchev–Trinajstić information content (AvgIpc) is 2.93. The molecule has 0 radical (unpaired) electrons. The molecule has 4 rings (SSSR count). The predicted molar refractivity (Wildman–Crippen MR) is 108 cm³/mol. The first-order valence-electron chi connectivity index (χ1n) is 9.40. The molecule has 2 aliphatic rings. The summed E-state index contributed by atoms with van der Waals surface area (Å²) in [5.74, 6) is -0.277. The van der Waals surface area contributed by atoms with E-state index in [-0.39, 0.29) is 23.7 Å². The first-order valence-corrected chi connectivity index (χ1v) is 10.2. The maximum Gasteiger partial charge on any atom is 0.344 e. The standard InChI is InChI=1S/C22H20BrNO4/c1-13-6-11-16-18(12-13)21(26)24(20(16)25)14-7-9-15(10-8-14)28-22(27)17-4-2-3-5-19(17)23/h2-5,7-10,13,16,18H,6,11-12H2,1H3. The molecular formula is C22H20BrNO4. The second-order valence-corrected chi connectivity index (χ2v) is 8.36. The molecule has 28 heavy (non-hydrogen) atoms. The Bertz CT molecular complexity index is 940. The summed E-state index contributed by atoms with van der Waals surface area (Å²) in [6.07, 6.45) is 2.53. The van der Waals surface area contributed by atoms with E-state index < -0.39 is 5.97 Å². The average molecular weight is 442 g/mol. The number of hydrogen-bond acceptors (Lipinski definition) is 4. The first kappa shape index (κ1) is 18.9. The third-order valence-electron chi connectivity index (χ3n) is 5.59. The van der Waals surface area contributed by atoms with E-state index >= 15 is 0 Å². The second-order valence-electron chi connectivity index (χ2n) is 7.51. The molecule has 2 aromatic carbocycles. The lowest BCUT2D eigenvalue weighted by molar-refractivity contribution is -0.122. The molecule has 1 aliphatic heterocycles. The number of fused-ring (bicyclic) bond motifs is 1. The normalized spacial score (nSPS) is 24.2. The van der Waals surface area contributed by atoms with Gasteiger partial charge in [-0.25, -0.2) is 4.79 Å². The molecule has 5 nitrogen and oxygen atoms in total. The minimum absolute atomic E-state index is 0.111. The fourth-order valence-corrected chi connectivity index (χ4v) is 4.54. The highest BCUT2D eigenvalue weighted by molar-refractivity contribution is 9.10. The van der Waals surface area contributed by atoms with Gasteiger partial charge in [0.25, 0.3) is 0 Å². The van der Waals surface area contributed by atoms with Crippen molar-refractivity contribution in [3.8, 4) is 5.75 Å². The van der Waals surface area contributed by atoms with Crippen molar-refractivity contribution in [1.82, 2.24) is 0 Å². The molecule has 144 valence electrons. The lowest BCUT2D eigenvalue weighted by Crippen LogP contribution is -2.30. The fraction of sp³-hybridized carbons (Fsp3) is 0.318. The molecule has 0 aromatic heterocycles. The summed E-state index contributed by atoms with van der Waals surface area (Å²) in [5.41, 5.74) is 0.951. The number of amides is 2. The van der Waals surface area contributed by atoms with Crippen LogP contribution < -0.4 is 9.64 Å². The minimum atomic E-state index is -0.478. The molecule has 1 saturated heterocycles. The van der Waals surface area contributed by atoms with Crippen molar-refractivity contribution in [2.45, 2.75) is 26.2 Å². The number of halogens is 1. The number of rotatable bonds is 3. The number of imide groups is 1. The zero-order chi connectivity index (χ0) is 19.8. The van der Waals surface area contributed by atoms with Gasteiger partial charge in [-0.05, 0) is 77.5 Å². The predicted octanol–water partition coefficient (Wildman–Crippen LogP) is 4.59. The maximum atomic E-state index is 12.8. The Morgan fingerprint density at radius 3 is 2.39 bits per heavy atom. The molecule has 0 N–H and O–H groups in total. The van der Waals surface area contributed by atoms with Crippen LogP contribution in [0.4, 0.5) is 5.69 Å². The van der Waals surface area contributed by atoms with Gasteiger partial charge in [0.15, 0.2) is 0 Å². The molecule has 0 bridgehead atoms. The van der Waals surface area contributed by atoms with Crippen LogP contribution >= 0.6 is 15.9 Å². The highest BCUT2D eigenvalue weighted by Gasteiger charge is 2.49. The number of nitrogens with zero attached hydrogens (tertiary/aromatic N) is 1. The summed E-state index contributed by atoms with van der Waals surface area (Å²) in [4.78, 5) is 39.2. The molecule has 0 spiro atoms. The van der Waals surface area contributed by atoms with Gasteiger partial charge in [0.1, 0.15) is 5.75 Å². The quantitative estimate of drug-likeness (QED) is 0.396. The summed E-state index contributed by atoms with van der Waals surface area (Å²) in [5, 5.41) is 0. The topological polar surface area (TPSA) is 63.7 Å². The molecule has 1 saturated carbocycles. The Labute approximate surface area is 171 Å². The van der Waals surface area contributed by atoms with E-state index in [1.165, 1.54) is 4.90 Å². The number of hydrogen-bond donors (Lipinski definition) is 0. The molecule has 2 amide bonds. The summed E-state index contributed by atoms with van der Waals surface area (Å²) in [7, 11) is 0. The van der Waals surface area contributed by atoms with Gasteiger partial charge in [-0.3, -0.25) is 14.5 Å². The highest BCUT2D eigenvalue weighted by Crippen LogP contribution is 2.42. The summed E-state index contributed by atoms with van der Waals surface area (Å²) < 4.78 is 6.06. The van der Waals surface area contributed by atoms with Crippen molar-refractivity contribution in [2.24, 2.45) is 17.8 Å². The van der Waals surface area contributed by atoms with Crippen LogP contribution in [0.5, 0.6) is 5.75 Å². The SMILES string of the molecule is CC1CCC2C(=O)N(c3ccc(OC(=O)c4ccccc4Br)cc3)C(=O)C2C1. The van der Waals surface area contributed by atoms with E-state index in [1.807, 2.05) is 6.07 Å². The first-order chi connectivity index (χ1) is 13.5. The number of carbonyl (C=O) groups excluding carboxylic acids is 3. The third-order valence-corrected chi connectivity index (χ3v) is 6.28. The van der Waals surface area contributed by atoms with Crippen molar-refractivity contribution >= 4 is 39.4 Å². The van der Waals surface area contributed by atoms with Crippen molar-refractivity contribution < 1.29 is 19.1 Å². The van der Waals surface area contributed by atoms with Crippen LogP contribution in [0, 0.1) is 17.8 Å². The Balaban J connectivity index is 1.51. The second kappa shape index (κ2) is 7.51. The van der Waals surface area contributed by atoms with E-state index in [0.29, 0.717) is 27.4 Å². The van der Waals surface area contributed by atoms with E-state index in [4.69, 9.17) is 4.74 Å². The lowest BCUT2D eigenvalue weighted by atomic mass is 9.76. The van der Waals surface area contributed by atoms with Crippen LogP contribution in [-0.4, -0.2) is 17.8 Å². The Kier molecular flexibility index (Phi) is 5.06. The van der Waals surface area contributed by atoms with Crippen LogP contribution in [0.2, 0.25) is 0 Å². The number of carbonyl (C=O) groups is 3. The van der Waals surface area contributed by atoms with E-state index in [2.05, 4.69) is 22.9 Å². The van der Waals surface area contributed by atoms with Gasteiger partial charge < -0.3 is 4.74 Å². The Hall–Kier alpha value is -2.47. The zero-order valence-corrected chi connectivity index (χ0v) is 17.0. The van der Waals surface area contributed by atoms with Crippen molar-refractivity contribution in [2.75, 3.05) is 4.90 Å². The molecule has 3 unspecified atom stereocenters. The van der Waals surface area contributed by atoms with Crippen LogP contribution in [0.25, 0.3) is 0 Å². The number of esters is 1. The zero-order valence-electron chi connectivity index (χ0n) is 15.4. The largest absolute Gasteiger partial charge is 0.423 e. The monoisotopic (exact) mass is 441 g/mol. The molecule has 2 aromatic rings. The molecular weight excluding hydrogens is 422 g/mol. The van der Waals surface area contributed by atoms with Gasteiger partial charge in [-0.15, -0.1) is 0 Å². The summed E-state index contributed by atoms with van der Waals surface area (Å²) >= 11 is 3.33. The molecule has 2 fully saturated rings. The minimum Gasteiger partial charge on any atom is -0.423 e. The number of benzene rings is 2. The number of anilines is 1. The number of ether oxygens (including phenoxy) is 1. The Morgan fingerprint density at radius 1 is 1.00 bits per heavy atom. The van der Waals surface area contributed by atoms with Gasteiger partial charge in [-0.1, -0.05) is 19.1 Å². The van der Waals surface area contributed by atoms with E-state index in [9.17, 15) is 14.4 Å². The van der Waals surface area contributed by atoms with Gasteiger partial charge in [-0.2, -0.15) is 0 Å². The fourth-order valence-electron chi connectivity index (χ4n) is 4.10. The van der Waals surface area contributed by atoms with Gasteiger partial charge in [0.2, 0.25) is 11.8 Å². The van der Waals surface area contributed by atoms with Gasteiger partial charge in [0, 0.05) is 4.47 Å². The summed E-state index contributed by atoms with van der Waals surface area (Å²) in [6.45, 7) is 2.13. The van der Waals surface area contributed by atoms with Crippen LogP contribution in [0.3, 0.4) is 0 Å². The van der Waals surface area contributed by atoms with Crippen molar-refractivity contribution in [3.63, 3.8) is 0 Å². The van der Waals surface area contributed by atoms with E-state index in [0.717, 1.165) is 19.3 Å². The molecule has 6 heteroatoms.